The molecule has 1 saturated carbocycles. The second kappa shape index (κ2) is 18.2. The van der Waals surface area contributed by atoms with Crippen LogP contribution in [-0.2, 0) is 14.8 Å². The molecular formula is C52H62N10O8S. The van der Waals surface area contributed by atoms with E-state index >= 15 is 0 Å². The summed E-state index contributed by atoms with van der Waals surface area (Å²) in [6, 6.07) is 21.2. The van der Waals surface area contributed by atoms with E-state index in [1.165, 1.54) is 42.9 Å². The summed E-state index contributed by atoms with van der Waals surface area (Å²) in [6.07, 6.45) is 8.93. The van der Waals surface area contributed by atoms with E-state index < -0.39 is 37.5 Å². The van der Waals surface area contributed by atoms with Gasteiger partial charge in [-0.05, 0) is 112 Å². The van der Waals surface area contributed by atoms with Crippen molar-refractivity contribution in [2.75, 3.05) is 94.3 Å². The third-order valence-corrected chi connectivity index (χ3v) is 17.9. The Bertz CT molecular complexity index is 2980. The number of pyridine rings is 1. The van der Waals surface area contributed by atoms with Crippen molar-refractivity contribution >= 4 is 55.4 Å². The first kappa shape index (κ1) is 46.1. The Labute approximate surface area is 413 Å². The van der Waals surface area contributed by atoms with Gasteiger partial charge in [-0.1, -0.05) is 24.3 Å². The fraction of sp³-hybridized carbons (Fsp3) is 0.500. The number of nitro benzene ring substituents is 1. The van der Waals surface area contributed by atoms with Gasteiger partial charge < -0.3 is 39.2 Å². The van der Waals surface area contributed by atoms with E-state index in [2.05, 4.69) is 77.8 Å². The second-order valence-corrected chi connectivity index (χ2v) is 22.6. The molecule has 19 heteroatoms. The van der Waals surface area contributed by atoms with Gasteiger partial charge in [0.25, 0.3) is 21.6 Å². The zero-order valence-corrected chi connectivity index (χ0v) is 41.2. The summed E-state index contributed by atoms with van der Waals surface area (Å²) in [5.41, 5.74) is 5.65. The largest absolute Gasteiger partial charge is 0.489 e. The quantitative estimate of drug-likeness (QED) is 0.100. The van der Waals surface area contributed by atoms with E-state index in [0.29, 0.717) is 66.6 Å². The van der Waals surface area contributed by atoms with Crippen LogP contribution in [0.4, 0.5) is 28.4 Å². The highest BCUT2D eigenvalue weighted by molar-refractivity contribution is 7.90. The first-order valence-corrected chi connectivity index (χ1v) is 26.8. The number of anilines is 4. The molecule has 0 unspecified atom stereocenters. The number of amides is 1. The van der Waals surface area contributed by atoms with Gasteiger partial charge in [-0.25, -0.2) is 13.1 Å². The van der Waals surface area contributed by atoms with Gasteiger partial charge in [-0.2, -0.15) is 4.98 Å². The average molecular weight is 987 g/mol. The van der Waals surface area contributed by atoms with E-state index in [1.807, 2.05) is 30.5 Å². The third-order valence-electron chi connectivity index (χ3n) is 16.6. The Kier molecular flexibility index (Phi) is 11.8. The van der Waals surface area contributed by atoms with E-state index in [0.717, 1.165) is 75.8 Å². The van der Waals surface area contributed by atoms with Crippen LogP contribution in [0.15, 0.2) is 77.8 Å². The number of H-pyrrole nitrogens is 1. The standard InChI is InChI=1S/C52H62N10O8S/c1-33-6-3-4-7-39(33)41-8-5-16-60(41)37-28-52(29-37)13-17-59(18-14-52)36-9-10-40(43(25-36)61-42-12-23-68-32-47(42)70-51-45(61)24-34-11-15-53-49(34)55-51)50(63)56-71(66,67)38-26-44(62(64)65)48-46(27-38)69-31-35(54-48)30-58-21-19-57(2)20-22-58/h3-4,6-7,9-11,15,24-27,35,37,41-42,47,54H,5,8,12-14,16-23,28-32H2,1-2H3,(H,53,55)(H,56,63)/t35-,41+,42+,47+/m1/s1. The SMILES string of the molecule is Cc1ccccc1[C@@H]1CCCN1C1CC2(CCN(c3ccc(C(=O)NS(=O)(=O)c4cc5c(c([N+](=O)[O-])c4)N[C@H](CN4CCN(C)CC4)CO5)c(N4c5cc6cc[nH]c6nc5O[C@H]5COCC[C@@H]54)c3)CC2)C1. The number of hydrogen-bond acceptors (Lipinski definition) is 15. The van der Waals surface area contributed by atoms with Crippen molar-refractivity contribution < 1.29 is 32.3 Å². The van der Waals surface area contributed by atoms with E-state index in [-0.39, 0.29) is 35.7 Å². The third kappa shape index (κ3) is 8.62. The monoisotopic (exact) mass is 986 g/mol. The van der Waals surface area contributed by atoms with Crippen molar-refractivity contribution in [3.05, 3.63) is 99.7 Å². The first-order valence-electron chi connectivity index (χ1n) is 25.3. The number of fused-ring (bicyclic) bond motifs is 4. The van der Waals surface area contributed by atoms with Crippen LogP contribution in [0.1, 0.15) is 72.5 Å². The van der Waals surface area contributed by atoms with Crippen LogP contribution in [0.2, 0.25) is 0 Å². The molecule has 5 aromatic rings. The molecule has 1 aliphatic carbocycles. The lowest BCUT2D eigenvalue weighted by Gasteiger charge is -2.56. The molecule has 71 heavy (non-hydrogen) atoms. The number of carbonyl (C=O) groups is 1. The van der Waals surface area contributed by atoms with Crippen molar-refractivity contribution in [1.29, 1.82) is 0 Å². The van der Waals surface area contributed by atoms with Crippen LogP contribution in [0.3, 0.4) is 0 Å². The number of likely N-dealkylation sites (tertiary alicyclic amines) is 1. The van der Waals surface area contributed by atoms with Gasteiger partial charge in [-0.3, -0.25) is 24.7 Å². The van der Waals surface area contributed by atoms with Crippen LogP contribution in [0.5, 0.6) is 11.6 Å². The molecule has 6 aliphatic heterocycles. The number of carbonyl (C=O) groups excluding carboxylic acids is 1. The van der Waals surface area contributed by atoms with Gasteiger partial charge in [0.2, 0.25) is 5.88 Å². The molecular weight excluding hydrogens is 925 g/mol. The Morgan fingerprint density at radius 3 is 2.58 bits per heavy atom. The Morgan fingerprint density at radius 1 is 0.958 bits per heavy atom. The van der Waals surface area contributed by atoms with Gasteiger partial charge in [0.1, 0.15) is 24.0 Å². The van der Waals surface area contributed by atoms with E-state index in [4.69, 9.17) is 19.2 Å². The number of ether oxygens (including phenoxy) is 3. The van der Waals surface area contributed by atoms with Gasteiger partial charge in [0.15, 0.2) is 11.4 Å². The lowest BCUT2D eigenvalue weighted by Crippen LogP contribution is -2.55. The summed E-state index contributed by atoms with van der Waals surface area (Å²) in [4.78, 5) is 46.1. The number of nitrogens with zero attached hydrogens (tertiary/aromatic N) is 7. The maximum atomic E-state index is 14.8. The van der Waals surface area contributed by atoms with Gasteiger partial charge in [0.05, 0.1) is 39.8 Å². The topological polar surface area (TPSA) is 191 Å². The predicted molar refractivity (Wildman–Crippen MR) is 270 cm³/mol. The molecule has 1 spiro atoms. The summed E-state index contributed by atoms with van der Waals surface area (Å²) in [5, 5.41) is 16.7. The lowest BCUT2D eigenvalue weighted by atomic mass is 9.59. The molecule has 2 aromatic heterocycles. The van der Waals surface area contributed by atoms with Crippen molar-refractivity contribution in [1.82, 2.24) is 29.4 Å². The number of aromatic amines is 1. The van der Waals surface area contributed by atoms with Crippen LogP contribution in [0, 0.1) is 22.5 Å². The first-order chi connectivity index (χ1) is 34.4. The van der Waals surface area contributed by atoms with Crippen LogP contribution in [0.25, 0.3) is 11.0 Å². The summed E-state index contributed by atoms with van der Waals surface area (Å²) in [7, 11) is -2.60. The molecule has 8 heterocycles. The molecule has 5 fully saturated rings. The maximum Gasteiger partial charge on any atom is 0.297 e. The number of aryl methyl sites for hydroxylation is 1. The number of likely N-dealkylation sites (N-methyl/N-ethyl adjacent to an activating group) is 1. The number of piperidine rings is 1. The molecule has 3 aromatic carbocycles. The highest BCUT2D eigenvalue weighted by Gasteiger charge is 2.50. The maximum absolute atomic E-state index is 14.8. The number of aromatic nitrogens is 2. The Balaban J connectivity index is 0.830. The fourth-order valence-corrected chi connectivity index (χ4v) is 13.7. The minimum Gasteiger partial charge on any atom is -0.489 e. The summed E-state index contributed by atoms with van der Waals surface area (Å²) >= 11 is 0. The molecule has 7 aliphatic rings. The minimum atomic E-state index is -4.68. The van der Waals surface area contributed by atoms with Crippen molar-refractivity contribution in [3.63, 3.8) is 0 Å². The zero-order valence-electron chi connectivity index (χ0n) is 40.3. The molecule has 1 amide bonds. The van der Waals surface area contributed by atoms with Crippen LogP contribution in [-0.4, -0.2) is 147 Å². The van der Waals surface area contributed by atoms with Crippen molar-refractivity contribution in [2.45, 2.75) is 87.0 Å². The van der Waals surface area contributed by atoms with E-state index in [9.17, 15) is 23.3 Å². The normalized spacial score (nSPS) is 24.8. The molecule has 0 bridgehead atoms. The summed E-state index contributed by atoms with van der Waals surface area (Å²) in [6.45, 7) is 10.2. The molecule has 18 nitrogen and oxygen atoms in total. The fourth-order valence-electron chi connectivity index (χ4n) is 12.6. The number of sulfonamides is 1. The minimum absolute atomic E-state index is 0.0361. The zero-order chi connectivity index (χ0) is 48.6. The Hall–Kier alpha value is -5.99. The molecule has 3 N–H and O–H groups in total. The van der Waals surface area contributed by atoms with Crippen LogP contribution < -0.4 is 29.3 Å². The van der Waals surface area contributed by atoms with E-state index in [1.54, 1.807) is 6.07 Å². The highest BCUT2D eigenvalue weighted by Crippen LogP contribution is 2.55. The number of hydrogen-bond donors (Lipinski definition) is 3. The smallest absolute Gasteiger partial charge is 0.297 e. The molecule has 4 saturated heterocycles. The number of nitrogens with one attached hydrogen (secondary N) is 3. The van der Waals surface area contributed by atoms with Crippen molar-refractivity contribution in [2.24, 2.45) is 5.41 Å². The molecule has 4 atom stereocenters. The summed E-state index contributed by atoms with van der Waals surface area (Å²) in [5.74, 6) is -0.470. The molecule has 374 valence electrons. The lowest BCUT2D eigenvalue weighted by molar-refractivity contribution is -0.384. The van der Waals surface area contributed by atoms with Gasteiger partial charge in [0, 0.05) is 93.9 Å². The second-order valence-electron chi connectivity index (χ2n) is 21.0. The summed E-state index contributed by atoms with van der Waals surface area (Å²) < 4.78 is 49.5. The molecule has 0 radical (unpaired) electrons. The number of nitro groups is 1. The Morgan fingerprint density at radius 2 is 1.77 bits per heavy atom. The number of piperazine rings is 1. The van der Waals surface area contributed by atoms with Gasteiger partial charge in [-0.15, -0.1) is 0 Å². The van der Waals surface area contributed by atoms with Crippen LogP contribution >= 0.6 is 0 Å². The average Bonchev–Trinajstić information content (AvgIpc) is 4.04. The highest BCUT2D eigenvalue weighted by atomic mass is 32.2. The van der Waals surface area contributed by atoms with Gasteiger partial charge >= 0.3 is 0 Å². The van der Waals surface area contributed by atoms with Crippen molar-refractivity contribution in [3.8, 4) is 11.6 Å². The number of rotatable bonds is 10. The number of benzene rings is 3. The predicted octanol–water partition coefficient (Wildman–Crippen LogP) is 6.59. The molecule has 12 rings (SSSR count).